The Balaban J connectivity index is 4.60. The number of aliphatic hydroxyl groups excluding tert-OH is 2. The number of carbonyl (C=O) groups excluding carboxylic acids is 2. The molecule has 0 rings (SSSR count). The second-order valence-corrected chi connectivity index (χ2v) is 17.2. The van der Waals surface area contributed by atoms with Crippen molar-refractivity contribution in [3.63, 3.8) is 0 Å². The molecule has 0 aromatic heterocycles. The van der Waals surface area contributed by atoms with E-state index in [1.54, 1.807) is 0 Å². The summed E-state index contributed by atoms with van der Waals surface area (Å²) in [6.07, 6.45) is 51.0. The fraction of sp³-hybridized carbons (Fsp3) is 0.882. The number of esters is 1. The van der Waals surface area contributed by atoms with E-state index in [1.165, 1.54) is 148 Å². The monoisotopic (exact) mass is 804 g/mol. The van der Waals surface area contributed by atoms with Crippen LogP contribution in [0.25, 0.3) is 0 Å². The molecule has 0 bridgehead atoms. The third kappa shape index (κ3) is 40.9. The third-order valence-corrected chi connectivity index (χ3v) is 11.5. The van der Waals surface area contributed by atoms with Crippen LogP contribution in [0.5, 0.6) is 0 Å². The van der Waals surface area contributed by atoms with E-state index in [0.717, 1.165) is 70.6 Å². The Morgan fingerprint density at radius 1 is 0.491 bits per heavy atom. The number of rotatable bonds is 45. The Labute approximate surface area is 354 Å². The van der Waals surface area contributed by atoms with Crippen molar-refractivity contribution in [2.45, 2.75) is 283 Å². The van der Waals surface area contributed by atoms with Gasteiger partial charge in [0.05, 0.1) is 25.2 Å². The molecule has 0 heterocycles. The van der Waals surface area contributed by atoms with E-state index in [0.29, 0.717) is 19.3 Å². The highest BCUT2D eigenvalue weighted by atomic mass is 16.5. The normalized spacial score (nSPS) is 13.4. The molecule has 3 atom stereocenters. The average Bonchev–Trinajstić information content (AvgIpc) is 3.20. The van der Waals surface area contributed by atoms with Crippen LogP contribution in [-0.2, 0) is 14.3 Å². The van der Waals surface area contributed by atoms with Crippen LogP contribution in [0.4, 0.5) is 0 Å². The summed E-state index contributed by atoms with van der Waals surface area (Å²) in [5, 5.41) is 23.6. The molecule has 1 amide bonds. The van der Waals surface area contributed by atoms with Crippen LogP contribution < -0.4 is 5.32 Å². The highest BCUT2D eigenvalue weighted by Gasteiger charge is 2.24. The number of hydrogen-bond acceptors (Lipinski definition) is 5. The van der Waals surface area contributed by atoms with Gasteiger partial charge in [0, 0.05) is 6.42 Å². The predicted molar refractivity (Wildman–Crippen MR) is 246 cm³/mol. The van der Waals surface area contributed by atoms with Crippen LogP contribution >= 0.6 is 0 Å². The third-order valence-electron chi connectivity index (χ3n) is 11.5. The van der Waals surface area contributed by atoms with Gasteiger partial charge in [-0.25, -0.2) is 0 Å². The summed E-state index contributed by atoms with van der Waals surface area (Å²) < 4.78 is 5.91. The summed E-state index contributed by atoms with van der Waals surface area (Å²) in [4.78, 5) is 26.1. The second kappa shape index (κ2) is 45.4. The second-order valence-electron chi connectivity index (χ2n) is 17.2. The molecule has 6 heteroatoms. The van der Waals surface area contributed by atoms with Gasteiger partial charge in [0.25, 0.3) is 0 Å². The first-order chi connectivity index (χ1) is 28.0. The Morgan fingerprint density at radius 2 is 0.842 bits per heavy atom. The highest BCUT2D eigenvalue weighted by molar-refractivity contribution is 5.77. The zero-order valence-electron chi connectivity index (χ0n) is 38.2. The number of unbranched alkanes of at least 4 members (excludes halogenated alkanes) is 29. The lowest BCUT2D eigenvalue weighted by atomic mass is 10.0. The number of hydrogen-bond donors (Lipinski definition) is 3. The van der Waals surface area contributed by atoms with E-state index in [1.807, 2.05) is 0 Å². The van der Waals surface area contributed by atoms with E-state index in [9.17, 15) is 19.8 Å². The van der Waals surface area contributed by atoms with Crippen molar-refractivity contribution >= 4 is 11.9 Å². The molecule has 336 valence electrons. The fourth-order valence-electron chi connectivity index (χ4n) is 7.65. The molecule has 0 aromatic carbocycles. The number of ether oxygens (including phenoxy) is 1. The molecule has 0 saturated heterocycles. The molecular formula is C51H97NO5. The Kier molecular flexibility index (Phi) is 44.1. The van der Waals surface area contributed by atoms with Crippen LogP contribution in [0.3, 0.4) is 0 Å². The molecule has 3 unspecified atom stereocenters. The molecule has 0 aliphatic heterocycles. The molecule has 0 aromatic rings. The van der Waals surface area contributed by atoms with Gasteiger partial charge < -0.3 is 20.3 Å². The number of aliphatic hydroxyl groups is 2. The van der Waals surface area contributed by atoms with Crippen molar-refractivity contribution in [3.8, 4) is 0 Å². The fourth-order valence-corrected chi connectivity index (χ4v) is 7.65. The minimum absolute atomic E-state index is 0.0694. The molecular weight excluding hydrogens is 707 g/mol. The van der Waals surface area contributed by atoms with E-state index >= 15 is 0 Å². The number of nitrogens with one attached hydrogen (secondary N) is 1. The van der Waals surface area contributed by atoms with E-state index in [-0.39, 0.29) is 24.9 Å². The molecule has 3 N–H and O–H groups in total. The predicted octanol–water partition coefficient (Wildman–Crippen LogP) is 14.7. The number of carbonyl (C=O) groups is 2. The maximum atomic E-state index is 13.2. The summed E-state index contributed by atoms with van der Waals surface area (Å²) in [7, 11) is 0. The summed E-state index contributed by atoms with van der Waals surface area (Å²) in [6.45, 7) is 6.46. The van der Waals surface area contributed by atoms with E-state index < -0.39 is 18.2 Å². The van der Waals surface area contributed by atoms with Crippen LogP contribution in [0.15, 0.2) is 24.3 Å². The van der Waals surface area contributed by atoms with Crippen molar-refractivity contribution in [1.82, 2.24) is 5.32 Å². The zero-order valence-corrected chi connectivity index (χ0v) is 38.2. The average molecular weight is 804 g/mol. The van der Waals surface area contributed by atoms with E-state index in [4.69, 9.17) is 4.74 Å². The van der Waals surface area contributed by atoms with Gasteiger partial charge in [-0.05, 0) is 77.0 Å². The lowest BCUT2D eigenvalue weighted by Gasteiger charge is -2.24. The molecule has 0 spiro atoms. The summed E-state index contributed by atoms with van der Waals surface area (Å²) in [6, 6.07) is -0.702. The SMILES string of the molecule is CCCCCCCC/C=C/CCCCCCCC(CC(=O)NC(CO)C(O)CCCCCCCCCCC)OC(=O)CCCCC/C=C\CCCCCCCCC. The van der Waals surface area contributed by atoms with Gasteiger partial charge in [0.15, 0.2) is 0 Å². The molecule has 0 aliphatic rings. The first-order valence-corrected chi connectivity index (χ1v) is 25.1. The van der Waals surface area contributed by atoms with Gasteiger partial charge in [0.1, 0.15) is 6.10 Å². The van der Waals surface area contributed by atoms with Crippen molar-refractivity contribution in [2.24, 2.45) is 0 Å². The van der Waals surface area contributed by atoms with Gasteiger partial charge in [-0.15, -0.1) is 0 Å². The lowest BCUT2D eigenvalue weighted by molar-refractivity contribution is -0.151. The van der Waals surface area contributed by atoms with Crippen LogP contribution in [0, 0.1) is 0 Å². The standard InChI is InChI=1S/C51H97NO5/c1-4-7-10-13-16-19-21-23-25-26-28-31-33-36-39-42-47(57-51(56)44-41-38-35-32-29-27-24-22-20-17-14-11-8-5-2)45-50(55)52-48(46-53)49(54)43-40-37-34-30-18-15-12-9-6-3/h23,25,27,29,47-49,53-54H,4-22,24,26,28,30-46H2,1-3H3,(H,52,55)/b25-23+,29-27-. The van der Waals surface area contributed by atoms with Crippen molar-refractivity contribution in [2.75, 3.05) is 6.61 Å². The summed E-state index contributed by atoms with van der Waals surface area (Å²) >= 11 is 0. The molecule has 0 radical (unpaired) electrons. The molecule has 57 heavy (non-hydrogen) atoms. The largest absolute Gasteiger partial charge is 0.462 e. The van der Waals surface area contributed by atoms with Crippen LogP contribution in [-0.4, -0.2) is 46.9 Å². The molecule has 0 aliphatic carbocycles. The zero-order chi connectivity index (χ0) is 41.7. The smallest absolute Gasteiger partial charge is 0.306 e. The first kappa shape index (κ1) is 55.3. The molecule has 0 saturated carbocycles. The van der Waals surface area contributed by atoms with Crippen LogP contribution in [0.1, 0.15) is 265 Å². The van der Waals surface area contributed by atoms with Gasteiger partial charge >= 0.3 is 5.97 Å². The minimum Gasteiger partial charge on any atom is -0.462 e. The Morgan fingerprint density at radius 3 is 1.25 bits per heavy atom. The van der Waals surface area contributed by atoms with E-state index in [2.05, 4.69) is 50.4 Å². The summed E-state index contributed by atoms with van der Waals surface area (Å²) in [5.74, 6) is -0.492. The molecule has 6 nitrogen and oxygen atoms in total. The maximum Gasteiger partial charge on any atom is 0.306 e. The first-order valence-electron chi connectivity index (χ1n) is 25.1. The quantitative estimate of drug-likeness (QED) is 0.0324. The van der Waals surface area contributed by atoms with Gasteiger partial charge in [-0.3, -0.25) is 9.59 Å². The molecule has 0 fully saturated rings. The van der Waals surface area contributed by atoms with Gasteiger partial charge in [-0.2, -0.15) is 0 Å². The topological polar surface area (TPSA) is 95.9 Å². The van der Waals surface area contributed by atoms with Crippen molar-refractivity contribution in [1.29, 1.82) is 0 Å². The number of allylic oxidation sites excluding steroid dienone is 4. The maximum absolute atomic E-state index is 13.2. The van der Waals surface area contributed by atoms with Crippen LogP contribution in [0.2, 0.25) is 0 Å². The highest BCUT2D eigenvalue weighted by Crippen LogP contribution is 2.17. The summed E-state index contributed by atoms with van der Waals surface area (Å²) in [5.41, 5.74) is 0. The van der Waals surface area contributed by atoms with Crippen molar-refractivity contribution in [3.05, 3.63) is 24.3 Å². The number of amides is 1. The Bertz CT molecular complexity index is 904. The van der Waals surface area contributed by atoms with Crippen molar-refractivity contribution < 1.29 is 24.5 Å². The van der Waals surface area contributed by atoms with Gasteiger partial charge in [0.2, 0.25) is 5.91 Å². The Hall–Kier alpha value is -1.66. The minimum atomic E-state index is -0.787. The van der Waals surface area contributed by atoms with Gasteiger partial charge in [-0.1, -0.05) is 199 Å². The lowest BCUT2D eigenvalue weighted by Crippen LogP contribution is -2.46.